The first-order chi connectivity index (χ1) is 12.4. The molecule has 0 saturated carbocycles. The second-order valence-corrected chi connectivity index (χ2v) is 6.79. The molecule has 1 aromatic carbocycles. The van der Waals surface area contributed by atoms with E-state index in [4.69, 9.17) is 0 Å². The van der Waals surface area contributed by atoms with Gasteiger partial charge in [0.2, 0.25) is 0 Å². The van der Waals surface area contributed by atoms with Crippen molar-refractivity contribution >= 4 is 5.91 Å². The minimum atomic E-state index is -2.65. The molecule has 1 aromatic heterocycles. The Morgan fingerprint density at radius 1 is 1.15 bits per heavy atom. The van der Waals surface area contributed by atoms with E-state index in [1.807, 2.05) is 25.1 Å². The summed E-state index contributed by atoms with van der Waals surface area (Å²) in [7, 11) is 0. The zero-order chi connectivity index (χ0) is 18.7. The van der Waals surface area contributed by atoms with Gasteiger partial charge >= 0.3 is 0 Å². The minimum Gasteiger partial charge on any atom is -0.338 e. The maximum absolute atomic E-state index is 13.3. The molecule has 2 heterocycles. The minimum absolute atomic E-state index is 0.0963. The molecule has 1 amide bonds. The summed E-state index contributed by atoms with van der Waals surface area (Å²) < 4.78 is 26.5. The Kier molecular flexibility index (Phi) is 5.30. The monoisotopic (exact) mass is 359 g/mol. The second kappa shape index (κ2) is 7.48. The van der Waals surface area contributed by atoms with Crippen LogP contribution in [0.25, 0.3) is 11.3 Å². The Morgan fingerprint density at radius 3 is 2.42 bits per heavy atom. The number of piperidine rings is 1. The van der Waals surface area contributed by atoms with E-state index >= 15 is 0 Å². The van der Waals surface area contributed by atoms with Gasteiger partial charge in [-0.05, 0) is 31.5 Å². The van der Waals surface area contributed by atoms with Gasteiger partial charge in [0.05, 0.1) is 5.69 Å². The highest BCUT2D eigenvalue weighted by atomic mass is 19.3. The van der Waals surface area contributed by atoms with Crippen LogP contribution in [0.5, 0.6) is 0 Å². The summed E-state index contributed by atoms with van der Waals surface area (Å²) in [6.07, 6.45) is 1.27. The van der Waals surface area contributed by atoms with Gasteiger partial charge < -0.3 is 4.90 Å². The summed E-state index contributed by atoms with van der Waals surface area (Å²) in [5.74, 6) is -2.03. The summed E-state index contributed by atoms with van der Waals surface area (Å²) in [6.45, 7) is 4.22. The van der Waals surface area contributed by atoms with Gasteiger partial charge in [-0.3, -0.25) is 4.79 Å². The highest BCUT2D eigenvalue weighted by molar-refractivity contribution is 5.94. The summed E-state index contributed by atoms with van der Waals surface area (Å²) in [6, 6.07) is 9.10. The van der Waals surface area contributed by atoms with Crippen LogP contribution in [0.3, 0.4) is 0 Å². The molecule has 2 aromatic rings. The fraction of sp³-hybridized carbons (Fsp3) is 0.450. The number of carbonyl (C=O) groups excluding carboxylic acids is 1. The molecule has 1 aliphatic rings. The third kappa shape index (κ3) is 4.23. The third-order valence-electron chi connectivity index (χ3n) is 4.58. The van der Waals surface area contributed by atoms with Crippen molar-refractivity contribution in [3.05, 3.63) is 47.4 Å². The van der Waals surface area contributed by atoms with E-state index in [0.29, 0.717) is 5.56 Å². The molecule has 0 spiro atoms. The number of alkyl halides is 2. The van der Waals surface area contributed by atoms with Crippen LogP contribution in [-0.2, 0) is 6.42 Å². The number of amides is 1. The Bertz CT molecular complexity index is 780. The lowest BCUT2D eigenvalue weighted by atomic mass is 10.0. The number of aryl methyl sites for hydroxylation is 2. The molecule has 0 bridgehead atoms. The smallest absolute Gasteiger partial charge is 0.253 e. The van der Waals surface area contributed by atoms with Gasteiger partial charge in [-0.15, -0.1) is 0 Å². The molecule has 26 heavy (non-hydrogen) atoms. The molecular formula is C20H23F2N3O. The van der Waals surface area contributed by atoms with Gasteiger partial charge in [-0.1, -0.05) is 19.1 Å². The molecule has 1 fully saturated rings. The number of nitrogens with zero attached hydrogens (tertiary/aromatic N) is 3. The lowest BCUT2D eigenvalue weighted by Gasteiger charge is -2.31. The van der Waals surface area contributed by atoms with Crippen molar-refractivity contribution < 1.29 is 13.6 Å². The topological polar surface area (TPSA) is 46.1 Å². The van der Waals surface area contributed by atoms with E-state index in [-0.39, 0.29) is 31.8 Å². The van der Waals surface area contributed by atoms with Crippen LogP contribution in [0.2, 0.25) is 0 Å². The average Bonchev–Trinajstić information content (AvgIpc) is 2.61. The summed E-state index contributed by atoms with van der Waals surface area (Å²) >= 11 is 0. The summed E-state index contributed by atoms with van der Waals surface area (Å²) in [5, 5.41) is 0. The predicted octanol–water partition coefficient (Wildman–Crippen LogP) is 4.28. The summed E-state index contributed by atoms with van der Waals surface area (Å²) in [4.78, 5) is 23.0. The maximum Gasteiger partial charge on any atom is 0.253 e. The van der Waals surface area contributed by atoms with Crippen molar-refractivity contribution in [2.24, 2.45) is 0 Å². The van der Waals surface area contributed by atoms with Gasteiger partial charge in [0.25, 0.3) is 11.8 Å². The molecule has 0 unspecified atom stereocenters. The number of hydrogen-bond acceptors (Lipinski definition) is 3. The lowest BCUT2D eigenvalue weighted by Crippen LogP contribution is -2.42. The standard InChI is InChI=1S/C20H23F2N3O/c1-3-4-18-23-14(2)13-17(24-18)15-5-7-16(8-6-15)19(26)25-11-9-20(21,22)10-12-25/h5-8,13H,3-4,9-12H2,1-2H3. The highest BCUT2D eigenvalue weighted by Crippen LogP contribution is 2.28. The predicted molar refractivity (Wildman–Crippen MR) is 96.3 cm³/mol. The van der Waals surface area contributed by atoms with Crippen LogP contribution < -0.4 is 0 Å². The fourth-order valence-electron chi connectivity index (χ4n) is 3.12. The van der Waals surface area contributed by atoms with Gasteiger partial charge in [-0.2, -0.15) is 0 Å². The van der Waals surface area contributed by atoms with Crippen molar-refractivity contribution in [1.29, 1.82) is 0 Å². The molecule has 138 valence electrons. The van der Waals surface area contributed by atoms with Gasteiger partial charge in [0, 0.05) is 49.2 Å². The van der Waals surface area contributed by atoms with Crippen molar-refractivity contribution in [2.75, 3.05) is 13.1 Å². The van der Waals surface area contributed by atoms with Crippen LogP contribution >= 0.6 is 0 Å². The van der Waals surface area contributed by atoms with Crippen molar-refractivity contribution in [3.8, 4) is 11.3 Å². The van der Waals surface area contributed by atoms with Gasteiger partial charge in [-0.25, -0.2) is 18.7 Å². The van der Waals surface area contributed by atoms with Crippen LogP contribution in [0.15, 0.2) is 30.3 Å². The van der Waals surface area contributed by atoms with Crippen molar-refractivity contribution in [2.45, 2.75) is 45.5 Å². The quantitative estimate of drug-likeness (QED) is 0.819. The van der Waals surface area contributed by atoms with Crippen LogP contribution in [-0.4, -0.2) is 39.8 Å². The molecule has 6 heteroatoms. The molecule has 3 rings (SSSR count). The Labute approximate surface area is 152 Å². The highest BCUT2D eigenvalue weighted by Gasteiger charge is 2.35. The molecule has 1 aliphatic heterocycles. The maximum atomic E-state index is 13.3. The number of benzene rings is 1. The molecule has 0 aliphatic carbocycles. The summed E-state index contributed by atoms with van der Waals surface area (Å²) in [5.41, 5.74) is 3.17. The van der Waals surface area contributed by atoms with Crippen LogP contribution in [0, 0.1) is 6.92 Å². The molecule has 0 atom stereocenters. The third-order valence-corrected chi connectivity index (χ3v) is 4.58. The van der Waals surface area contributed by atoms with Gasteiger partial charge in [0.1, 0.15) is 5.82 Å². The number of halogens is 2. The lowest BCUT2D eigenvalue weighted by molar-refractivity contribution is -0.0494. The first-order valence-corrected chi connectivity index (χ1v) is 9.00. The second-order valence-electron chi connectivity index (χ2n) is 6.79. The SMILES string of the molecule is CCCc1nc(C)cc(-c2ccc(C(=O)N3CCC(F)(F)CC3)cc2)n1. The van der Waals surface area contributed by atoms with Crippen LogP contribution in [0.4, 0.5) is 8.78 Å². The van der Waals surface area contributed by atoms with E-state index in [1.165, 1.54) is 4.90 Å². The molecule has 4 nitrogen and oxygen atoms in total. The van der Waals surface area contributed by atoms with E-state index in [9.17, 15) is 13.6 Å². The molecular weight excluding hydrogens is 336 g/mol. The zero-order valence-electron chi connectivity index (χ0n) is 15.1. The van der Waals surface area contributed by atoms with E-state index in [0.717, 1.165) is 35.6 Å². The molecule has 1 saturated heterocycles. The largest absolute Gasteiger partial charge is 0.338 e. The average molecular weight is 359 g/mol. The zero-order valence-corrected chi connectivity index (χ0v) is 15.1. The van der Waals surface area contributed by atoms with Crippen LogP contribution in [0.1, 0.15) is 48.1 Å². The van der Waals surface area contributed by atoms with Gasteiger partial charge in [0.15, 0.2) is 0 Å². The van der Waals surface area contributed by atoms with Crippen molar-refractivity contribution in [3.63, 3.8) is 0 Å². The Morgan fingerprint density at radius 2 is 1.81 bits per heavy atom. The number of rotatable bonds is 4. The normalized spacial score (nSPS) is 16.5. The van der Waals surface area contributed by atoms with E-state index in [1.54, 1.807) is 12.1 Å². The Balaban J connectivity index is 1.75. The molecule has 0 N–H and O–H groups in total. The number of hydrogen-bond donors (Lipinski definition) is 0. The Hall–Kier alpha value is -2.37. The number of likely N-dealkylation sites (tertiary alicyclic amines) is 1. The number of carbonyl (C=O) groups is 1. The fourth-order valence-corrected chi connectivity index (χ4v) is 3.12. The first kappa shape index (κ1) is 18.4. The molecule has 0 radical (unpaired) electrons. The number of aromatic nitrogens is 2. The van der Waals surface area contributed by atoms with Crippen molar-refractivity contribution in [1.82, 2.24) is 14.9 Å². The first-order valence-electron chi connectivity index (χ1n) is 9.00. The van der Waals surface area contributed by atoms with E-state index in [2.05, 4.69) is 16.9 Å². The van der Waals surface area contributed by atoms with E-state index < -0.39 is 5.92 Å².